The summed E-state index contributed by atoms with van der Waals surface area (Å²) in [4.78, 5) is 27.5. The molecule has 2 aromatic heterocycles. The van der Waals surface area contributed by atoms with Gasteiger partial charge in [-0.2, -0.15) is 4.39 Å². The van der Waals surface area contributed by atoms with Crippen LogP contribution in [0.25, 0.3) is 21.1 Å². The molecule has 0 fully saturated rings. The topological polar surface area (TPSA) is 111 Å². The van der Waals surface area contributed by atoms with E-state index in [1.54, 1.807) is 24.3 Å². The molecule has 0 spiro atoms. The average molecular weight is 500 g/mol. The van der Waals surface area contributed by atoms with Crippen molar-refractivity contribution in [3.05, 3.63) is 82.0 Å². The second-order valence-electron chi connectivity index (χ2n) is 6.96. The van der Waals surface area contributed by atoms with Gasteiger partial charge in [-0.1, -0.05) is 11.8 Å². The molecule has 0 atom stereocenters. The third-order valence-corrected chi connectivity index (χ3v) is 6.69. The molecule has 12 heteroatoms. The third kappa shape index (κ3) is 5.41. The number of nitro groups is 1. The fourth-order valence-electron chi connectivity index (χ4n) is 2.94. The van der Waals surface area contributed by atoms with E-state index in [0.29, 0.717) is 10.7 Å². The van der Waals surface area contributed by atoms with E-state index in [4.69, 9.17) is 0 Å². The number of nitro benzene ring substituents is 1. The van der Waals surface area contributed by atoms with Gasteiger partial charge in [-0.05, 0) is 55.5 Å². The number of thiazole rings is 1. The number of hydrogen-bond acceptors (Lipinski definition) is 8. The maximum Gasteiger partial charge on any atom is 0.306 e. The predicted molar refractivity (Wildman–Crippen MR) is 126 cm³/mol. The Balaban J connectivity index is 1.39. The minimum absolute atomic E-state index is 0.0203. The molecule has 4 aromatic rings. The first-order valence-corrected chi connectivity index (χ1v) is 11.5. The van der Waals surface area contributed by atoms with Crippen molar-refractivity contribution >= 4 is 40.4 Å². The SMILES string of the molecule is Cc1nc(-c2ccc(F)cc2)sc1-c1ccc(SCC(=O)Nc2ccc(F)c([N+](=O)[O-])c2)nn1. The first-order valence-electron chi connectivity index (χ1n) is 9.74. The van der Waals surface area contributed by atoms with E-state index < -0.39 is 22.3 Å². The zero-order chi connectivity index (χ0) is 24.2. The van der Waals surface area contributed by atoms with E-state index in [0.717, 1.165) is 45.0 Å². The van der Waals surface area contributed by atoms with Crippen LogP contribution in [0.3, 0.4) is 0 Å². The zero-order valence-corrected chi connectivity index (χ0v) is 19.1. The van der Waals surface area contributed by atoms with Crippen molar-refractivity contribution in [2.24, 2.45) is 0 Å². The number of benzene rings is 2. The minimum Gasteiger partial charge on any atom is -0.325 e. The lowest BCUT2D eigenvalue weighted by Crippen LogP contribution is -2.14. The molecule has 172 valence electrons. The van der Waals surface area contributed by atoms with Crippen LogP contribution in [0.15, 0.2) is 59.6 Å². The van der Waals surface area contributed by atoms with E-state index >= 15 is 0 Å². The van der Waals surface area contributed by atoms with E-state index in [1.165, 1.54) is 29.5 Å². The Morgan fingerprint density at radius 1 is 1.12 bits per heavy atom. The van der Waals surface area contributed by atoms with Gasteiger partial charge in [0.25, 0.3) is 0 Å². The highest BCUT2D eigenvalue weighted by molar-refractivity contribution is 7.99. The van der Waals surface area contributed by atoms with E-state index in [-0.39, 0.29) is 17.3 Å². The molecule has 0 saturated carbocycles. The van der Waals surface area contributed by atoms with Crippen molar-refractivity contribution in [2.75, 3.05) is 11.1 Å². The number of nitrogens with one attached hydrogen (secondary N) is 1. The van der Waals surface area contributed by atoms with Crippen molar-refractivity contribution < 1.29 is 18.5 Å². The fraction of sp³-hybridized carbons (Fsp3) is 0.0909. The minimum atomic E-state index is -0.978. The van der Waals surface area contributed by atoms with Crippen LogP contribution in [0.4, 0.5) is 20.2 Å². The predicted octanol–water partition coefficient (Wildman–Crippen LogP) is 5.49. The Morgan fingerprint density at radius 2 is 1.88 bits per heavy atom. The molecule has 1 N–H and O–H groups in total. The van der Waals surface area contributed by atoms with Gasteiger partial charge in [-0.3, -0.25) is 14.9 Å². The van der Waals surface area contributed by atoms with Crippen molar-refractivity contribution in [3.8, 4) is 21.1 Å². The summed E-state index contributed by atoms with van der Waals surface area (Å²) in [5.74, 6) is -1.75. The first kappa shape index (κ1) is 23.4. The summed E-state index contributed by atoms with van der Waals surface area (Å²) in [6.45, 7) is 1.85. The van der Waals surface area contributed by atoms with Gasteiger partial charge in [0, 0.05) is 17.3 Å². The number of amides is 1. The molecule has 2 aromatic carbocycles. The van der Waals surface area contributed by atoms with Gasteiger partial charge in [0.2, 0.25) is 11.7 Å². The number of aryl methyl sites for hydroxylation is 1. The molecule has 0 aliphatic carbocycles. The van der Waals surface area contributed by atoms with E-state index in [9.17, 15) is 23.7 Å². The molecule has 0 radical (unpaired) electrons. The Bertz CT molecular complexity index is 1360. The van der Waals surface area contributed by atoms with Crippen LogP contribution in [0.5, 0.6) is 0 Å². The van der Waals surface area contributed by atoms with Crippen LogP contribution < -0.4 is 5.32 Å². The van der Waals surface area contributed by atoms with Crippen LogP contribution in [-0.4, -0.2) is 31.8 Å². The maximum absolute atomic E-state index is 13.4. The number of nitrogens with zero attached hydrogens (tertiary/aromatic N) is 4. The molecule has 2 heterocycles. The van der Waals surface area contributed by atoms with Gasteiger partial charge in [-0.25, -0.2) is 9.37 Å². The Morgan fingerprint density at radius 3 is 2.56 bits per heavy atom. The molecule has 0 saturated heterocycles. The number of rotatable bonds is 7. The highest BCUT2D eigenvalue weighted by Gasteiger charge is 2.16. The van der Waals surface area contributed by atoms with Crippen LogP contribution in [0.2, 0.25) is 0 Å². The van der Waals surface area contributed by atoms with Crippen LogP contribution in [0.1, 0.15) is 5.69 Å². The number of carbonyl (C=O) groups excluding carboxylic acids is 1. The zero-order valence-electron chi connectivity index (χ0n) is 17.5. The molecule has 34 heavy (non-hydrogen) atoms. The molecule has 0 aliphatic rings. The Labute approximate surface area is 200 Å². The quantitative estimate of drug-likeness (QED) is 0.203. The Kier molecular flexibility index (Phi) is 6.89. The molecule has 4 rings (SSSR count). The molecular weight excluding hydrogens is 484 g/mol. The summed E-state index contributed by atoms with van der Waals surface area (Å²) in [5, 5.41) is 22.9. The van der Waals surface area contributed by atoms with Crippen molar-refractivity contribution in [1.82, 2.24) is 15.2 Å². The standard InChI is InChI=1S/C22H15F2N5O3S2/c1-12-21(34-22(25-12)13-2-4-14(23)5-3-13)17-8-9-20(28-27-17)33-11-19(30)26-15-6-7-16(24)18(10-15)29(31)32/h2-10H,11H2,1H3,(H,26,30). The van der Waals surface area contributed by atoms with Gasteiger partial charge < -0.3 is 5.32 Å². The van der Waals surface area contributed by atoms with Crippen LogP contribution in [0, 0.1) is 28.7 Å². The number of anilines is 1. The normalized spacial score (nSPS) is 10.8. The smallest absolute Gasteiger partial charge is 0.306 e. The number of aromatic nitrogens is 3. The van der Waals surface area contributed by atoms with E-state index in [2.05, 4.69) is 20.5 Å². The number of carbonyl (C=O) groups is 1. The second kappa shape index (κ2) is 10.0. The molecule has 0 aliphatic heterocycles. The highest BCUT2D eigenvalue weighted by Crippen LogP contribution is 2.34. The molecule has 0 bridgehead atoms. The van der Waals surface area contributed by atoms with Gasteiger partial charge >= 0.3 is 5.69 Å². The summed E-state index contributed by atoms with van der Waals surface area (Å²) < 4.78 is 26.6. The van der Waals surface area contributed by atoms with Crippen LogP contribution in [-0.2, 0) is 4.79 Å². The monoisotopic (exact) mass is 499 g/mol. The van der Waals surface area contributed by atoms with E-state index in [1.807, 2.05) is 6.92 Å². The number of thioether (sulfide) groups is 1. The lowest BCUT2D eigenvalue weighted by molar-refractivity contribution is -0.387. The van der Waals surface area contributed by atoms with Crippen LogP contribution >= 0.6 is 23.1 Å². The second-order valence-corrected chi connectivity index (χ2v) is 8.95. The Hall–Kier alpha value is -3.77. The average Bonchev–Trinajstić information content (AvgIpc) is 3.21. The van der Waals surface area contributed by atoms with Gasteiger partial charge in [-0.15, -0.1) is 21.5 Å². The summed E-state index contributed by atoms with van der Waals surface area (Å²) in [7, 11) is 0. The molecule has 8 nitrogen and oxygen atoms in total. The van der Waals surface area contributed by atoms with Crippen molar-refractivity contribution in [3.63, 3.8) is 0 Å². The highest BCUT2D eigenvalue weighted by atomic mass is 32.2. The first-order chi connectivity index (χ1) is 16.3. The largest absolute Gasteiger partial charge is 0.325 e. The van der Waals surface area contributed by atoms with Gasteiger partial charge in [0.05, 0.1) is 21.2 Å². The summed E-state index contributed by atoms with van der Waals surface area (Å²) in [6, 6.07) is 12.7. The van der Waals surface area contributed by atoms with Gasteiger partial charge in [0.15, 0.2) is 0 Å². The summed E-state index contributed by atoms with van der Waals surface area (Å²) in [5.41, 5.74) is 1.60. The molecule has 0 unspecified atom stereocenters. The van der Waals surface area contributed by atoms with Crippen molar-refractivity contribution in [1.29, 1.82) is 0 Å². The fourth-order valence-corrected chi connectivity index (χ4v) is 4.59. The molecule has 1 amide bonds. The lowest BCUT2D eigenvalue weighted by Gasteiger charge is -2.05. The summed E-state index contributed by atoms with van der Waals surface area (Å²) in [6.07, 6.45) is 0. The lowest BCUT2D eigenvalue weighted by atomic mass is 10.2. The van der Waals surface area contributed by atoms with Gasteiger partial charge in [0.1, 0.15) is 21.5 Å². The summed E-state index contributed by atoms with van der Waals surface area (Å²) >= 11 is 2.55. The molecular formula is C22H15F2N5O3S2. The maximum atomic E-state index is 13.4. The third-order valence-electron chi connectivity index (χ3n) is 4.54. The number of hydrogen-bond donors (Lipinski definition) is 1. The van der Waals surface area contributed by atoms with Crippen molar-refractivity contribution in [2.45, 2.75) is 11.9 Å². The number of halogens is 2.